The van der Waals surface area contributed by atoms with E-state index in [1.165, 1.54) is 0 Å². The summed E-state index contributed by atoms with van der Waals surface area (Å²) in [6.45, 7) is 0.304. The molecule has 19 heavy (non-hydrogen) atoms. The minimum Gasteiger partial charge on any atom is -0.488 e. The van der Waals surface area contributed by atoms with E-state index >= 15 is 0 Å². The highest BCUT2D eigenvalue weighted by Crippen LogP contribution is 2.27. The van der Waals surface area contributed by atoms with Gasteiger partial charge in [0.25, 0.3) is 0 Å². The largest absolute Gasteiger partial charge is 0.488 e. The Labute approximate surface area is 116 Å². The number of fused-ring (bicyclic) bond motifs is 1. The highest BCUT2D eigenvalue weighted by molar-refractivity contribution is 6.30. The van der Waals surface area contributed by atoms with E-state index in [4.69, 9.17) is 16.3 Å². The predicted octanol–water partition coefficient (Wildman–Crippen LogP) is 4.00. The van der Waals surface area contributed by atoms with Crippen LogP contribution in [-0.4, -0.2) is 12.4 Å². The van der Waals surface area contributed by atoms with Gasteiger partial charge in [-0.15, -0.1) is 0 Å². The van der Waals surface area contributed by atoms with E-state index in [0.29, 0.717) is 28.5 Å². The number of rotatable bonds is 1. The first kappa shape index (κ1) is 12.0. The Morgan fingerprint density at radius 2 is 1.79 bits per heavy atom. The summed E-state index contributed by atoms with van der Waals surface area (Å²) in [6, 6.07) is 14.7. The van der Waals surface area contributed by atoms with Crippen LogP contribution < -0.4 is 4.74 Å². The molecular weight excluding hydrogens is 260 g/mol. The molecule has 0 radical (unpaired) electrons. The number of hydrogen-bond acceptors (Lipinski definition) is 2. The third-order valence-electron chi connectivity index (χ3n) is 3.02. The fourth-order valence-electron chi connectivity index (χ4n) is 2.04. The Morgan fingerprint density at radius 3 is 2.58 bits per heavy atom. The highest BCUT2D eigenvalue weighted by Gasteiger charge is 2.22. The van der Waals surface area contributed by atoms with Crippen LogP contribution in [0.3, 0.4) is 0 Å². The smallest absolute Gasteiger partial charge is 0.196 e. The van der Waals surface area contributed by atoms with Crippen LogP contribution >= 0.6 is 11.6 Å². The zero-order valence-corrected chi connectivity index (χ0v) is 10.9. The lowest BCUT2D eigenvalue weighted by Crippen LogP contribution is -2.18. The van der Waals surface area contributed by atoms with Gasteiger partial charge in [-0.1, -0.05) is 35.9 Å². The summed E-state index contributed by atoms with van der Waals surface area (Å²) in [5.41, 5.74) is 2.21. The van der Waals surface area contributed by atoms with E-state index in [1.807, 2.05) is 36.4 Å². The lowest BCUT2D eigenvalue weighted by molar-refractivity contribution is 0.100. The fraction of sp³-hybridized carbons (Fsp3) is 0.0625. The average molecular weight is 271 g/mol. The van der Waals surface area contributed by atoms with Crippen molar-refractivity contribution in [2.45, 2.75) is 0 Å². The molecule has 2 aromatic rings. The molecule has 0 spiro atoms. The van der Waals surface area contributed by atoms with E-state index in [-0.39, 0.29) is 5.78 Å². The van der Waals surface area contributed by atoms with Gasteiger partial charge >= 0.3 is 0 Å². The molecule has 0 saturated heterocycles. The van der Waals surface area contributed by atoms with E-state index < -0.39 is 0 Å². The van der Waals surface area contributed by atoms with Crippen LogP contribution in [-0.2, 0) is 0 Å². The minimum absolute atomic E-state index is 0.0248. The lowest BCUT2D eigenvalue weighted by Gasteiger charge is -2.18. The van der Waals surface area contributed by atoms with Gasteiger partial charge in [0, 0.05) is 10.6 Å². The fourth-order valence-corrected chi connectivity index (χ4v) is 2.17. The monoisotopic (exact) mass is 270 g/mol. The molecule has 3 rings (SSSR count). The quantitative estimate of drug-likeness (QED) is 0.732. The van der Waals surface area contributed by atoms with Gasteiger partial charge in [0.2, 0.25) is 0 Å². The van der Waals surface area contributed by atoms with Crippen LogP contribution in [0.5, 0.6) is 5.75 Å². The standard InChI is InChI=1S/C16H11ClO2/c17-13-7-5-11(6-8-13)9-12-10-19-15-4-2-1-3-14(15)16(12)18/h1-9H,10H2/b12-9+. The third-order valence-corrected chi connectivity index (χ3v) is 3.27. The Hall–Kier alpha value is -2.06. The highest BCUT2D eigenvalue weighted by atomic mass is 35.5. The van der Waals surface area contributed by atoms with Gasteiger partial charge in [0.15, 0.2) is 5.78 Å². The number of hydrogen-bond donors (Lipinski definition) is 0. The van der Waals surface area contributed by atoms with Gasteiger partial charge in [0.05, 0.1) is 5.56 Å². The molecule has 0 bridgehead atoms. The number of carbonyl (C=O) groups excluding carboxylic acids is 1. The van der Waals surface area contributed by atoms with Gasteiger partial charge in [-0.25, -0.2) is 0 Å². The molecule has 0 N–H and O–H groups in total. The summed E-state index contributed by atoms with van der Waals surface area (Å²) >= 11 is 5.84. The Bertz CT molecular complexity index is 657. The number of Topliss-reactive ketones (excluding diaryl/α,β-unsaturated/α-hetero) is 1. The van der Waals surface area contributed by atoms with Gasteiger partial charge in [-0.2, -0.15) is 0 Å². The number of ether oxygens (including phenoxy) is 1. The van der Waals surface area contributed by atoms with Crippen molar-refractivity contribution in [3.63, 3.8) is 0 Å². The first-order chi connectivity index (χ1) is 9.24. The number of carbonyl (C=O) groups is 1. The van der Waals surface area contributed by atoms with Gasteiger partial charge in [-0.05, 0) is 35.9 Å². The molecule has 2 aromatic carbocycles. The molecule has 1 aliphatic heterocycles. The predicted molar refractivity (Wildman–Crippen MR) is 75.7 cm³/mol. The van der Waals surface area contributed by atoms with Crippen LogP contribution in [0.15, 0.2) is 54.1 Å². The molecule has 0 aromatic heterocycles. The van der Waals surface area contributed by atoms with Crippen molar-refractivity contribution < 1.29 is 9.53 Å². The number of para-hydroxylation sites is 1. The maximum Gasteiger partial charge on any atom is 0.196 e. The summed E-state index contributed by atoms with van der Waals surface area (Å²) in [4.78, 5) is 12.3. The van der Waals surface area contributed by atoms with Crippen molar-refractivity contribution >= 4 is 23.5 Å². The van der Waals surface area contributed by atoms with Crippen LogP contribution in [0.25, 0.3) is 6.08 Å². The molecule has 2 nitrogen and oxygen atoms in total. The summed E-state index contributed by atoms with van der Waals surface area (Å²) < 4.78 is 5.59. The second-order valence-corrected chi connectivity index (χ2v) is 4.77. The normalized spacial score (nSPS) is 16.1. The summed E-state index contributed by atoms with van der Waals surface area (Å²) in [5.74, 6) is 0.678. The SMILES string of the molecule is O=C1/C(=C/c2ccc(Cl)cc2)COc2ccccc21. The van der Waals surface area contributed by atoms with Crippen molar-refractivity contribution in [2.24, 2.45) is 0 Å². The van der Waals surface area contributed by atoms with Gasteiger partial charge in [-0.3, -0.25) is 4.79 Å². The summed E-state index contributed by atoms with van der Waals surface area (Å²) in [6.07, 6.45) is 1.84. The average Bonchev–Trinajstić information content (AvgIpc) is 2.45. The van der Waals surface area contributed by atoms with Gasteiger partial charge < -0.3 is 4.74 Å². The van der Waals surface area contributed by atoms with Crippen LogP contribution in [0.4, 0.5) is 0 Å². The molecule has 3 heteroatoms. The van der Waals surface area contributed by atoms with E-state index in [1.54, 1.807) is 18.2 Å². The first-order valence-electron chi connectivity index (χ1n) is 5.97. The number of halogens is 1. The molecule has 1 heterocycles. The zero-order valence-electron chi connectivity index (χ0n) is 10.1. The van der Waals surface area contributed by atoms with Crippen LogP contribution in [0.2, 0.25) is 5.02 Å². The molecular formula is C16H11ClO2. The Balaban J connectivity index is 1.96. The van der Waals surface area contributed by atoms with E-state index in [9.17, 15) is 4.79 Å². The minimum atomic E-state index is 0.0248. The van der Waals surface area contributed by atoms with E-state index in [2.05, 4.69) is 0 Å². The van der Waals surface area contributed by atoms with Gasteiger partial charge in [0.1, 0.15) is 12.4 Å². The molecule has 0 saturated carbocycles. The Kier molecular flexibility index (Phi) is 3.10. The van der Waals surface area contributed by atoms with Crippen molar-refractivity contribution in [2.75, 3.05) is 6.61 Å². The maximum atomic E-state index is 12.3. The van der Waals surface area contributed by atoms with Crippen molar-refractivity contribution in [1.29, 1.82) is 0 Å². The lowest BCUT2D eigenvalue weighted by atomic mass is 9.98. The third kappa shape index (κ3) is 2.40. The van der Waals surface area contributed by atoms with Crippen molar-refractivity contribution in [3.05, 3.63) is 70.3 Å². The molecule has 0 aliphatic carbocycles. The number of ketones is 1. The molecule has 94 valence electrons. The van der Waals surface area contributed by atoms with Crippen LogP contribution in [0, 0.1) is 0 Å². The molecule has 0 atom stereocenters. The molecule has 0 unspecified atom stereocenters. The van der Waals surface area contributed by atoms with Crippen LogP contribution in [0.1, 0.15) is 15.9 Å². The number of benzene rings is 2. The molecule has 0 amide bonds. The molecule has 1 aliphatic rings. The van der Waals surface area contributed by atoms with Crippen molar-refractivity contribution in [1.82, 2.24) is 0 Å². The van der Waals surface area contributed by atoms with E-state index in [0.717, 1.165) is 5.56 Å². The molecule has 0 fully saturated rings. The summed E-state index contributed by atoms with van der Waals surface area (Å²) in [5, 5.41) is 0.679. The van der Waals surface area contributed by atoms with Crippen molar-refractivity contribution in [3.8, 4) is 5.75 Å². The second-order valence-electron chi connectivity index (χ2n) is 4.34. The maximum absolute atomic E-state index is 12.3. The topological polar surface area (TPSA) is 26.3 Å². The first-order valence-corrected chi connectivity index (χ1v) is 6.34. The zero-order chi connectivity index (χ0) is 13.2. The second kappa shape index (κ2) is 4.90. The summed E-state index contributed by atoms with van der Waals surface area (Å²) in [7, 11) is 0. The Morgan fingerprint density at radius 1 is 1.05 bits per heavy atom.